The minimum absolute atomic E-state index is 0.0694. The molecule has 8 nitrogen and oxygen atoms in total. The standard InChI is InChI=1S/C21H21FN6O2/c1-13-9-18(27(2)26-13)24-17-8-5-15-11-28(21(30)20(15)25-17)12-19(29)23-10-14-3-6-16(22)7-4-14/h3-9H,10-12H2,1-2H3,(H,23,29)(H,24,25). The van der Waals surface area contributed by atoms with Gasteiger partial charge in [-0.15, -0.1) is 0 Å². The smallest absolute Gasteiger partial charge is 0.273 e. The fourth-order valence-electron chi connectivity index (χ4n) is 3.32. The highest BCUT2D eigenvalue weighted by Crippen LogP contribution is 2.24. The number of pyridine rings is 1. The highest BCUT2D eigenvalue weighted by Gasteiger charge is 2.30. The van der Waals surface area contributed by atoms with E-state index in [1.807, 2.05) is 26.1 Å². The van der Waals surface area contributed by atoms with E-state index < -0.39 is 0 Å². The molecule has 154 valence electrons. The maximum atomic E-state index is 13.0. The molecule has 1 aliphatic heterocycles. The first kappa shape index (κ1) is 19.6. The Morgan fingerprint density at radius 2 is 1.97 bits per heavy atom. The van der Waals surface area contributed by atoms with E-state index in [-0.39, 0.29) is 30.7 Å². The second-order valence-corrected chi connectivity index (χ2v) is 7.19. The molecule has 1 aromatic carbocycles. The lowest BCUT2D eigenvalue weighted by atomic mass is 10.2. The molecule has 2 N–H and O–H groups in total. The minimum atomic E-state index is -0.328. The van der Waals surface area contributed by atoms with E-state index in [9.17, 15) is 14.0 Å². The summed E-state index contributed by atoms with van der Waals surface area (Å²) in [5.74, 6) is 0.400. The van der Waals surface area contributed by atoms with Crippen molar-refractivity contribution >= 4 is 23.5 Å². The number of aromatic nitrogens is 3. The highest BCUT2D eigenvalue weighted by molar-refractivity contribution is 5.99. The SMILES string of the molecule is Cc1cc(Nc2ccc3c(n2)C(=O)N(CC(=O)NCc2ccc(F)cc2)C3)n(C)n1. The minimum Gasteiger partial charge on any atom is -0.350 e. The third kappa shape index (κ3) is 4.14. The fraction of sp³-hybridized carbons (Fsp3) is 0.238. The van der Waals surface area contributed by atoms with Gasteiger partial charge >= 0.3 is 0 Å². The third-order valence-corrected chi connectivity index (χ3v) is 4.83. The number of benzene rings is 1. The number of fused-ring (bicyclic) bond motifs is 1. The van der Waals surface area contributed by atoms with E-state index in [0.29, 0.717) is 18.1 Å². The average molecular weight is 408 g/mol. The molecule has 0 radical (unpaired) electrons. The van der Waals surface area contributed by atoms with Crippen LogP contribution in [0.3, 0.4) is 0 Å². The lowest BCUT2D eigenvalue weighted by Gasteiger charge is -2.14. The summed E-state index contributed by atoms with van der Waals surface area (Å²) in [6, 6.07) is 11.4. The summed E-state index contributed by atoms with van der Waals surface area (Å²) in [5, 5.41) is 10.2. The number of nitrogens with zero attached hydrogens (tertiary/aromatic N) is 4. The van der Waals surface area contributed by atoms with Gasteiger partial charge in [0, 0.05) is 31.8 Å². The molecule has 0 atom stereocenters. The monoisotopic (exact) mass is 408 g/mol. The Labute approximate surface area is 172 Å². The number of anilines is 2. The van der Waals surface area contributed by atoms with Crippen LogP contribution in [0.5, 0.6) is 0 Å². The van der Waals surface area contributed by atoms with Crippen molar-refractivity contribution < 1.29 is 14.0 Å². The van der Waals surface area contributed by atoms with Crippen LogP contribution >= 0.6 is 0 Å². The van der Waals surface area contributed by atoms with Crippen LogP contribution in [0, 0.1) is 12.7 Å². The Hall–Kier alpha value is -3.75. The first-order valence-electron chi connectivity index (χ1n) is 9.47. The van der Waals surface area contributed by atoms with Crippen molar-refractivity contribution in [2.24, 2.45) is 7.05 Å². The average Bonchev–Trinajstić information content (AvgIpc) is 3.19. The molecular formula is C21H21FN6O2. The molecule has 2 amide bonds. The van der Waals surface area contributed by atoms with Crippen molar-refractivity contribution in [3.63, 3.8) is 0 Å². The van der Waals surface area contributed by atoms with Gasteiger partial charge in [-0.2, -0.15) is 5.10 Å². The molecule has 30 heavy (non-hydrogen) atoms. The van der Waals surface area contributed by atoms with Crippen LogP contribution in [0.2, 0.25) is 0 Å². The molecule has 0 bridgehead atoms. The number of hydrogen-bond acceptors (Lipinski definition) is 5. The van der Waals surface area contributed by atoms with E-state index in [1.165, 1.54) is 17.0 Å². The zero-order valence-electron chi connectivity index (χ0n) is 16.6. The van der Waals surface area contributed by atoms with E-state index in [4.69, 9.17) is 0 Å². The van der Waals surface area contributed by atoms with Gasteiger partial charge < -0.3 is 15.5 Å². The van der Waals surface area contributed by atoms with Gasteiger partial charge in [-0.3, -0.25) is 14.3 Å². The molecule has 0 saturated carbocycles. The first-order valence-corrected chi connectivity index (χ1v) is 9.47. The summed E-state index contributed by atoms with van der Waals surface area (Å²) in [6.45, 7) is 2.42. The zero-order chi connectivity index (χ0) is 21.3. The largest absolute Gasteiger partial charge is 0.350 e. The molecule has 0 saturated heterocycles. The summed E-state index contributed by atoms with van der Waals surface area (Å²) >= 11 is 0. The Balaban J connectivity index is 1.37. The van der Waals surface area contributed by atoms with Gasteiger partial charge in [-0.25, -0.2) is 9.37 Å². The van der Waals surface area contributed by atoms with Crippen LogP contribution in [-0.4, -0.2) is 38.0 Å². The summed E-state index contributed by atoms with van der Waals surface area (Å²) in [7, 11) is 1.82. The van der Waals surface area contributed by atoms with Crippen molar-refractivity contribution in [1.29, 1.82) is 0 Å². The number of carbonyl (C=O) groups excluding carboxylic acids is 2. The number of carbonyl (C=O) groups is 2. The van der Waals surface area contributed by atoms with Crippen molar-refractivity contribution in [3.8, 4) is 0 Å². The molecule has 3 heterocycles. The van der Waals surface area contributed by atoms with Crippen molar-refractivity contribution in [2.75, 3.05) is 11.9 Å². The van der Waals surface area contributed by atoms with E-state index in [1.54, 1.807) is 22.9 Å². The topological polar surface area (TPSA) is 92.1 Å². The number of halogens is 1. The second kappa shape index (κ2) is 7.94. The lowest BCUT2D eigenvalue weighted by Crippen LogP contribution is -2.37. The highest BCUT2D eigenvalue weighted by atomic mass is 19.1. The predicted octanol–water partition coefficient (Wildman–Crippen LogP) is 2.28. The van der Waals surface area contributed by atoms with E-state index in [2.05, 4.69) is 20.7 Å². The van der Waals surface area contributed by atoms with Crippen molar-refractivity contribution in [2.45, 2.75) is 20.0 Å². The quantitative estimate of drug-likeness (QED) is 0.653. The Kier molecular flexibility index (Phi) is 5.18. The molecule has 2 aromatic heterocycles. The number of rotatable bonds is 6. The third-order valence-electron chi connectivity index (χ3n) is 4.83. The lowest BCUT2D eigenvalue weighted by molar-refractivity contribution is -0.122. The summed E-state index contributed by atoms with van der Waals surface area (Å²) < 4.78 is 14.7. The van der Waals surface area contributed by atoms with Crippen LogP contribution in [0.15, 0.2) is 42.5 Å². The summed E-state index contributed by atoms with van der Waals surface area (Å²) in [6.07, 6.45) is 0. The number of amides is 2. The van der Waals surface area contributed by atoms with Crippen LogP contribution in [0.1, 0.15) is 27.3 Å². The molecule has 0 unspecified atom stereocenters. The van der Waals surface area contributed by atoms with Gasteiger partial charge in [-0.05, 0) is 30.7 Å². The molecule has 0 fully saturated rings. The summed E-state index contributed by atoms with van der Waals surface area (Å²) in [5.41, 5.74) is 2.77. The van der Waals surface area contributed by atoms with Gasteiger partial charge in [0.25, 0.3) is 5.91 Å². The molecule has 4 rings (SSSR count). The maximum absolute atomic E-state index is 13.0. The first-order chi connectivity index (χ1) is 14.4. The predicted molar refractivity (Wildman–Crippen MR) is 108 cm³/mol. The van der Waals surface area contributed by atoms with E-state index >= 15 is 0 Å². The molecule has 0 aliphatic carbocycles. The van der Waals surface area contributed by atoms with Gasteiger partial charge in [0.1, 0.15) is 29.7 Å². The number of hydrogen-bond donors (Lipinski definition) is 2. The summed E-state index contributed by atoms with van der Waals surface area (Å²) in [4.78, 5) is 30.9. The molecule has 9 heteroatoms. The molecule has 1 aliphatic rings. The van der Waals surface area contributed by atoms with Gasteiger partial charge in [0.05, 0.1) is 5.69 Å². The normalized spacial score (nSPS) is 12.8. The van der Waals surface area contributed by atoms with Crippen molar-refractivity contribution in [3.05, 3.63) is 70.8 Å². The molecular weight excluding hydrogens is 387 g/mol. The van der Waals surface area contributed by atoms with Crippen molar-refractivity contribution in [1.82, 2.24) is 25.0 Å². The van der Waals surface area contributed by atoms with Gasteiger partial charge in [-0.1, -0.05) is 18.2 Å². The molecule has 0 spiro atoms. The fourth-order valence-corrected chi connectivity index (χ4v) is 3.32. The Morgan fingerprint density at radius 3 is 2.67 bits per heavy atom. The number of aryl methyl sites for hydroxylation is 2. The second-order valence-electron chi connectivity index (χ2n) is 7.19. The van der Waals surface area contributed by atoms with Crippen LogP contribution < -0.4 is 10.6 Å². The van der Waals surface area contributed by atoms with Gasteiger partial charge in [0.2, 0.25) is 5.91 Å². The van der Waals surface area contributed by atoms with Gasteiger partial charge in [0.15, 0.2) is 0 Å². The van der Waals surface area contributed by atoms with Crippen LogP contribution in [-0.2, 0) is 24.9 Å². The maximum Gasteiger partial charge on any atom is 0.273 e. The zero-order valence-corrected chi connectivity index (χ0v) is 16.6. The molecule has 3 aromatic rings. The van der Waals surface area contributed by atoms with Crippen LogP contribution in [0.25, 0.3) is 0 Å². The Bertz CT molecular complexity index is 1110. The van der Waals surface area contributed by atoms with E-state index in [0.717, 1.165) is 22.6 Å². The van der Waals surface area contributed by atoms with Crippen LogP contribution in [0.4, 0.5) is 16.0 Å². The Morgan fingerprint density at radius 1 is 1.20 bits per heavy atom. The number of nitrogens with one attached hydrogen (secondary N) is 2.